The summed E-state index contributed by atoms with van der Waals surface area (Å²) in [6.07, 6.45) is 3.39. The van der Waals surface area contributed by atoms with Crippen LogP contribution in [-0.2, 0) is 6.54 Å². The molecule has 0 unspecified atom stereocenters. The first-order valence-corrected chi connectivity index (χ1v) is 4.31. The van der Waals surface area contributed by atoms with Gasteiger partial charge in [-0.3, -0.25) is 0 Å². The molecule has 0 amide bonds. The van der Waals surface area contributed by atoms with Crippen molar-refractivity contribution < 1.29 is 4.52 Å². The second-order valence-corrected chi connectivity index (χ2v) is 3.11. The molecule has 0 spiro atoms. The Hall–Kier alpha value is -1.69. The highest BCUT2D eigenvalue weighted by Gasteiger charge is 2.06. The number of rotatable bonds is 3. The van der Waals surface area contributed by atoms with E-state index in [-0.39, 0.29) is 6.04 Å². The average Bonchev–Trinajstić information content (AvgIpc) is 2.75. The van der Waals surface area contributed by atoms with Crippen LogP contribution >= 0.6 is 0 Å². The van der Waals surface area contributed by atoms with E-state index < -0.39 is 0 Å². The molecule has 0 saturated carbocycles. The van der Waals surface area contributed by atoms with Crippen molar-refractivity contribution in [2.45, 2.75) is 19.5 Å². The molecule has 2 aromatic heterocycles. The Balaban J connectivity index is 2.11. The lowest BCUT2D eigenvalue weighted by molar-refractivity contribution is 0.370. The van der Waals surface area contributed by atoms with E-state index in [9.17, 15) is 0 Å². The summed E-state index contributed by atoms with van der Waals surface area (Å²) in [5.74, 6) is 0.742. The molecule has 0 aromatic carbocycles. The summed E-state index contributed by atoms with van der Waals surface area (Å²) in [5.41, 5.74) is 6.42. The first-order chi connectivity index (χ1) is 6.75. The van der Waals surface area contributed by atoms with Gasteiger partial charge in [0.15, 0.2) is 5.76 Å². The first kappa shape index (κ1) is 8.89. The second-order valence-electron chi connectivity index (χ2n) is 3.11. The van der Waals surface area contributed by atoms with Gasteiger partial charge < -0.3 is 10.3 Å². The van der Waals surface area contributed by atoms with Gasteiger partial charge in [0.05, 0.1) is 18.1 Å². The molecule has 6 nitrogen and oxygen atoms in total. The summed E-state index contributed by atoms with van der Waals surface area (Å²) in [5, 5.41) is 11.4. The molecule has 2 N–H and O–H groups in total. The van der Waals surface area contributed by atoms with Crippen molar-refractivity contribution in [3.05, 3.63) is 29.9 Å². The average molecular weight is 193 g/mol. The van der Waals surface area contributed by atoms with Crippen LogP contribution in [0.3, 0.4) is 0 Å². The number of hydrogen-bond acceptors (Lipinski definition) is 5. The number of nitrogens with zero attached hydrogens (tertiary/aromatic N) is 4. The fourth-order valence-corrected chi connectivity index (χ4v) is 1.08. The van der Waals surface area contributed by atoms with E-state index in [1.165, 1.54) is 0 Å². The Morgan fingerprint density at radius 2 is 2.50 bits per heavy atom. The van der Waals surface area contributed by atoms with E-state index >= 15 is 0 Å². The summed E-state index contributed by atoms with van der Waals surface area (Å²) in [7, 11) is 0. The van der Waals surface area contributed by atoms with Gasteiger partial charge in [0.25, 0.3) is 0 Å². The third-order valence-corrected chi connectivity index (χ3v) is 1.83. The monoisotopic (exact) mass is 193 g/mol. The van der Waals surface area contributed by atoms with E-state index in [4.69, 9.17) is 10.3 Å². The topological polar surface area (TPSA) is 82.8 Å². The summed E-state index contributed by atoms with van der Waals surface area (Å²) in [6.45, 7) is 2.39. The van der Waals surface area contributed by atoms with Crippen LogP contribution in [0.2, 0.25) is 0 Å². The van der Waals surface area contributed by atoms with Crippen molar-refractivity contribution >= 4 is 0 Å². The fourth-order valence-electron chi connectivity index (χ4n) is 1.08. The van der Waals surface area contributed by atoms with Crippen LogP contribution in [0.4, 0.5) is 0 Å². The van der Waals surface area contributed by atoms with Gasteiger partial charge in [-0.15, -0.1) is 5.10 Å². The van der Waals surface area contributed by atoms with Gasteiger partial charge in [0.2, 0.25) is 0 Å². The fraction of sp³-hybridized carbons (Fsp3) is 0.375. The molecule has 6 heteroatoms. The van der Waals surface area contributed by atoms with Crippen LogP contribution in [0.15, 0.2) is 23.0 Å². The van der Waals surface area contributed by atoms with Crippen molar-refractivity contribution in [1.82, 2.24) is 20.2 Å². The third kappa shape index (κ3) is 1.80. The zero-order chi connectivity index (χ0) is 9.97. The number of aromatic nitrogens is 4. The molecule has 1 atom stereocenters. The number of hydrogen-bond donors (Lipinski definition) is 1. The molecule has 0 bridgehead atoms. The van der Waals surface area contributed by atoms with Crippen molar-refractivity contribution in [2.75, 3.05) is 0 Å². The molecule has 0 saturated heterocycles. The predicted molar refractivity (Wildman–Crippen MR) is 48.2 cm³/mol. The molecule has 2 rings (SSSR count). The standard InChI is InChI=1S/C8H11N5O/c1-6(9)8-5-13(12-11-8)4-7-2-3-10-14-7/h2-3,5-6H,4,9H2,1H3/t6-/m1/s1. The van der Waals surface area contributed by atoms with Crippen LogP contribution in [0, 0.1) is 0 Å². The largest absolute Gasteiger partial charge is 0.359 e. The molecule has 74 valence electrons. The molecule has 14 heavy (non-hydrogen) atoms. The molecular formula is C8H11N5O. The van der Waals surface area contributed by atoms with Crippen LogP contribution < -0.4 is 5.73 Å². The Kier molecular flexibility index (Phi) is 2.28. The van der Waals surface area contributed by atoms with E-state index in [0.29, 0.717) is 6.54 Å². The number of nitrogens with two attached hydrogens (primary N) is 1. The van der Waals surface area contributed by atoms with Crippen LogP contribution in [0.1, 0.15) is 24.4 Å². The van der Waals surface area contributed by atoms with Crippen molar-refractivity contribution in [1.29, 1.82) is 0 Å². The lowest BCUT2D eigenvalue weighted by Gasteiger charge is -1.96. The maximum Gasteiger partial charge on any atom is 0.158 e. The summed E-state index contributed by atoms with van der Waals surface area (Å²) in [4.78, 5) is 0. The highest BCUT2D eigenvalue weighted by atomic mass is 16.5. The maximum atomic E-state index is 5.65. The summed E-state index contributed by atoms with van der Waals surface area (Å²) < 4.78 is 6.60. The maximum absolute atomic E-state index is 5.65. The van der Waals surface area contributed by atoms with Gasteiger partial charge in [-0.25, -0.2) is 4.68 Å². The molecule has 2 heterocycles. The van der Waals surface area contributed by atoms with Gasteiger partial charge in [-0.2, -0.15) is 0 Å². The summed E-state index contributed by atoms with van der Waals surface area (Å²) in [6, 6.07) is 1.69. The normalized spacial score (nSPS) is 13.0. The Bertz CT molecular complexity index is 392. The lowest BCUT2D eigenvalue weighted by Crippen LogP contribution is -2.05. The molecule has 0 aliphatic rings. The minimum absolute atomic E-state index is 0.0986. The molecule has 0 radical (unpaired) electrons. The van der Waals surface area contributed by atoms with E-state index in [1.54, 1.807) is 23.1 Å². The van der Waals surface area contributed by atoms with Gasteiger partial charge in [-0.05, 0) is 6.92 Å². The van der Waals surface area contributed by atoms with Gasteiger partial charge in [0.1, 0.15) is 6.54 Å². The van der Waals surface area contributed by atoms with Crippen LogP contribution in [0.5, 0.6) is 0 Å². The van der Waals surface area contributed by atoms with Gasteiger partial charge in [-0.1, -0.05) is 10.4 Å². The SMILES string of the molecule is C[C@@H](N)c1cn(Cc2ccno2)nn1. The molecule has 0 fully saturated rings. The van der Waals surface area contributed by atoms with Crippen LogP contribution in [0.25, 0.3) is 0 Å². The van der Waals surface area contributed by atoms with Crippen molar-refractivity contribution in [3.63, 3.8) is 0 Å². The predicted octanol–water partition coefficient (Wildman–Crippen LogP) is 0.334. The molecule has 0 aliphatic carbocycles. The summed E-state index contributed by atoms with van der Waals surface area (Å²) >= 11 is 0. The highest BCUT2D eigenvalue weighted by molar-refractivity contribution is 5.00. The van der Waals surface area contributed by atoms with Gasteiger partial charge in [0, 0.05) is 12.1 Å². The van der Waals surface area contributed by atoms with Gasteiger partial charge >= 0.3 is 0 Å². The van der Waals surface area contributed by atoms with Crippen LogP contribution in [-0.4, -0.2) is 20.2 Å². The quantitative estimate of drug-likeness (QED) is 0.759. The van der Waals surface area contributed by atoms with Crippen molar-refractivity contribution in [2.24, 2.45) is 5.73 Å². The highest BCUT2D eigenvalue weighted by Crippen LogP contribution is 2.05. The second kappa shape index (κ2) is 3.59. The Labute approximate surface area is 80.7 Å². The third-order valence-electron chi connectivity index (χ3n) is 1.83. The van der Waals surface area contributed by atoms with Crippen molar-refractivity contribution in [3.8, 4) is 0 Å². The van der Waals surface area contributed by atoms with E-state index in [2.05, 4.69) is 15.5 Å². The molecule has 2 aromatic rings. The lowest BCUT2D eigenvalue weighted by atomic mass is 10.3. The molecule has 0 aliphatic heterocycles. The minimum atomic E-state index is -0.0986. The molecular weight excluding hydrogens is 182 g/mol. The minimum Gasteiger partial charge on any atom is -0.359 e. The van der Waals surface area contributed by atoms with E-state index in [0.717, 1.165) is 11.5 Å². The Morgan fingerprint density at radius 3 is 3.07 bits per heavy atom. The van der Waals surface area contributed by atoms with E-state index in [1.807, 2.05) is 6.92 Å². The smallest absolute Gasteiger partial charge is 0.158 e. The first-order valence-electron chi connectivity index (χ1n) is 4.31. The zero-order valence-electron chi connectivity index (χ0n) is 7.79. The zero-order valence-corrected chi connectivity index (χ0v) is 7.79. The Morgan fingerprint density at radius 1 is 1.64 bits per heavy atom.